The highest BCUT2D eigenvalue weighted by atomic mass is 15.2. The second-order valence-electron chi connectivity index (χ2n) is 29.9. The number of rotatable bonds is 6. The number of hydrogen-bond acceptors (Lipinski definition) is 4. The van der Waals surface area contributed by atoms with E-state index >= 15 is 0 Å². The van der Waals surface area contributed by atoms with Crippen LogP contribution in [0.2, 0.25) is 0 Å². The molecule has 110 heavy (non-hydrogen) atoms. The summed E-state index contributed by atoms with van der Waals surface area (Å²) < 4.78 is 9.77. The molecule has 8 heteroatoms. The van der Waals surface area contributed by atoms with Crippen LogP contribution < -0.4 is 0 Å². The minimum Gasteiger partial charge on any atom is -0.308 e. The molecule has 0 N–H and O–H groups in total. The van der Waals surface area contributed by atoms with Gasteiger partial charge in [0.25, 0.3) is 0 Å². The Morgan fingerprint density at radius 2 is 0.564 bits per heavy atom. The van der Waals surface area contributed by atoms with E-state index in [1.807, 2.05) is 0 Å². The third-order valence-corrected chi connectivity index (χ3v) is 24.3. The second kappa shape index (κ2) is 21.4. The van der Waals surface area contributed by atoms with Crippen LogP contribution in [-0.4, -0.2) is 37.9 Å². The quantitative estimate of drug-likeness (QED) is 0.156. The monoisotopic (exact) mass is 1390 g/mol. The molecule has 0 aliphatic rings. The lowest BCUT2D eigenvalue weighted by molar-refractivity contribution is 1.02. The summed E-state index contributed by atoms with van der Waals surface area (Å²) in [6.45, 7) is 0. The van der Waals surface area contributed by atoms with E-state index in [0.29, 0.717) is 11.9 Å². The van der Waals surface area contributed by atoms with Crippen molar-refractivity contribution in [1.29, 1.82) is 0 Å². The Morgan fingerprint density at radius 1 is 0.173 bits per heavy atom. The maximum absolute atomic E-state index is 5.97. The predicted octanol–water partition coefficient (Wildman–Crippen LogP) is 26.5. The highest BCUT2D eigenvalue weighted by Crippen LogP contribution is 2.52. The minimum absolute atomic E-state index is 0.620. The number of benzene rings is 18. The maximum atomic E-state index is 5.97. The molecular weight excluding hydrogens is 1340 g/mol. The SMILES string of the molecule is c1ccc(-c2ccc(-c3nc(-n4c5cc6c7ccccc7n7c8ccc(-c9ccc%10c(ccc%11nc(-n%12c%13cc%14c%15ccccc%15n%15c%16ccccc%16c(c%13c%13ccc%16ccccc%16c%13%12)c%14%15)nc(-c%12ccc%13ccccc%13c%12)c%11%10)c9)cc8c(c5c5ccc8ccccc8c54)c67)nc4ccc5ccccc5c34)cc2)cc1. The average molecular weight is 1390 g/mol. The van der Waals surface area contributed by atoms with Crippen LogP contribution in [0.4, 0.5) is 0 Å². The highest BCUT2D eigenvalue weighted by molar-refractivity contribution is 6.39. The Kier molecular flexibility index (Phi) is 11.4. The Labute approximate surface area is 625 Å². The van der Waals surface area contributed by atoms with Crippen LogP contribution in [-0.2, 0) is 0 Å². The average Bonchev–Trinajstić information content (AvgIpc) is 1.52. The van der Waals surface area contributed by atoms with Gasteiger partial charge in [0.2, 0.25) is 11.9 Å². The van der Waals surface area contributed by atoms with E-state index in [9.17, 15) is 0 Å². The molecule has 0 unspecified atom stereocenters. The second-order valence-corrected chi connectivity index (χ2v) is 29.9. The van der Waals surface area contributed by atoms with Crippen LogP contribution in [0, 0.1) is 0 Å². The van der Waals surface area contributed by atoms with Gasteiger partial charge in [-0.05, 0) is 132 Å². The first kappa shape index (κ1) is 58.4. The molecule has 0 atom stereocenters. The fourth-order valence-electron chi connectivity index (χ4n) is 19.6. The lowest BCUT2D eigenvalue weighted by Crippen LogP contribution is -2.04. The third-order valence-electron chi connectivity index (χ3n) is 24.3. The largest absolute Gasteiger partial charge is 0.308 e. The van der Waals surface area contributed by atoms with E-state index in [4.69, 9.17) is 19.9 Å². The number of para-hydroxylation sites is 3. The van der Waals surface area contributed by atoms with Gasteiger partial charge in [-0.2, -0.15) is 0 Å². The van der Waals surface area contributed by atoms with Crippen molar-refractivity contribution in [3.8, 4) is 56.7 Å². The Hall–Kier alpha value is -14.9. The molecule has 0 saturated carbocycles. The molecule has 26 rings (SSSR count). The van der Waals surface area contributed by atoms with Crippen molar-refractivity contribution in [2.75, 3.05) is 0 Å². The summed E-state index contributed by atoms with van der Waals surface area (Å²) in [4.78, 5) is 23.4. The predicted molar refractivity (Wildman–Crippen MR) is 460 cm³/mol. The highest BCUT2D eigenvalue weighted by Gasteiger charge is 2.30. The van der Waals surface area contributed by atoms with E-state index in [2.05, 4.69) is 358 Å². The van der Waals surface area contributed by atoms with Crippen molar-refractivity contribution in [2.45, 2.75) is 0 Å². The number of nitrogens with zero attached hydrogens (tertiary/aromatic N) is 8. The smallest absolute Gasteiger partial charge is 0.235 e. The molecule has 0 fully saturated rings. The zero-order valence-electron chi connectivity index (χ0n) is 58.9. The van der Waals surface area contributed by atoms with E-state index in [1.54, 1.807) is 0 Å². The minimum atomic E-state index is 0.620. The molecule has 26 aromatic rings. The molecule has 0 spiro atoms. The van der Waals surface area contributed by atoms with Crippen LogP contribution in [0.25, 0.3) is 252 Å². The van der Waals surface area contributed by atoms with Gasteiger partial charge in [-0.25, -0.2) is 19.9 Å². The number of hydrogen-bond donors (Lipinski definition) is 0. The number of fused-ring (bicyclic) bond motifs is 31. The van der Waals surface area contributed by atoms with Gasteiger partial charge in [0.15, 0.2) is 0 Å². The van der Waals surface area contributed by atoms with E-state index in [1.165, 1.54) is 97.8 Å². The van der Waals surface area contributed by atoms with Crippen molar-refractivity contribution >= 4 is 195 Å². The van der Waals surface area contributed by atoms with Gasteiger partial charge in [0.1, 0.15) is 0 Å². The van der Waals surface area contributed by atoms with Gasteiger partial charge in [-0.15, -0.1) is 0 Å². The summed E-state index contributed by atoms with van der Waals surface area (Å²) in [7, 11) is 0. The molecule has 18 aromatic carbocycles. The van der Waals surface area contributed by atoms with Gasteiger partial charge in [0, 0.05) is 97.3 Å². The first-order valence-electron chi connectivity index (χ1n) is 37.8. The lowest BCUT2D eigenvalue weighted by Gasteiger charge is -2.15. The van der Waals surface area contributed by atoms with E-state index < -0.39 is 0 Å². The summed E-state index contributed by atoms with van der Waals surface area (Å²) in [5, 5.41) is 27.7. The van der Waals surface area contributed by atoms with E-state index in [-0.39, 0.29) is 0 Å². The van der Waals surface area contributed by atoms with Crippen LogP contribution >= 0.6 is 0 Å². The van der Waals surface area contributed by atoms with Gasteiger partial charge >= 0.3 is 0 Å². The molecule has 0 saturated heterocycles. The summed E-state index contributed by atoms with van der Waals surface area (Å²) in [6, 6.07) is 125. The summed E-state index contributed by atoms with van der Waals surface area (Å²) in [6.07, 6.45) is 0. The molecule has 504 valence electrons. The van der Waals surface area contributed by atoms with Crippen LogP contribution in [0.3, 0.4) is 0 Å². The summed E-state index contributed by atoms with van der Waals surface area (Å²) >= 11 is 0. The molecule has 8 heterocycles. The molecule has 0 aliphatic carbocycles. The Bertz CT molecular complexity index is 8590. The molecule has 0 amide bonds. The first-order chi connectivity index (χ1) is 54.6. The van der Waals surface area contributed by atoms with Gasteiger partial charge in [-0.1, -0.05) is 273 Å². The van der Waals surface area contributed by atoms with Crippen molar-refractivity contribution in [2.24, 2.45) is 0 Å². The van der Waals surface area contributed by atoms with Crippen molar-refractivity contribution < 1.29 is 0 Å². The van der Waals surface area contributed by atoms with Gasteiger partial charge < -0.3 is 8.80 Å². The molecule has 8 nitrogen and oxygen atoms in total. The fourth-order valence-corrected chi connectivity index (χ4v) is 19.6. The molecular formula is C102H56N8. The maximum Gasteiger partial charge on any atom is 0.235 e. The van der Waals surface area contributed by atoms with Crippen LogP contribution in [0.1, 0.15) is 0 Å². The first-order valence-corrected chi connectivity index (χ1v) is 37.8. The third kappa shape index (κ3) is 7.76. The Balaban J connectivity index is 0.709. The zero-order chi connectivity index (χ0) is 71.3. The van der Waals surface area contributed by atoms with Crippen molar-refractivity contribution in [3.63, 3.8) is 0 Å². The van der Waals surface area contributed by atoms with E-state index in [0.717, 1.165) is 142 Å². The van der Waals surface area contributed by atoms with Gasteiger partial charge in [0.05, 0.1) is 77.6 Å². The summed E-state index contributed by atoms with van der Waals surface area (Å²) in [5.41, 5.74) is 21.6. The van der Waals surface area contributed by atoms with Gasteiger partial charge in [-0.3, -0.25) is 9.13 Å². The summed E-state index contributed by atoms with van der Waals surface area (Å²) in [5.74, 6) is 1.24. The van der Waals surface area contributed by atoms with Crippen LogP contribution in [0.15, 0.2) is 340 Å². The zero-order valence-corrected chi connectivity index (χ0v) is 58.9. The molecule has 0 radical (unpaired) electrons. The number of aromatic nitrogens is 8. The van der Waals surface area contributed by atoms with Crippen LogP contribution in [0.5, 0.6) is 0 Å². The Morgan fingerprint density at radius 3 is 1.18 bits per heavy atom. The molecule has 0 aliphatic heterocycles. The lowest BCUT2D eigenvalue weighted by atomic mass is 9.95. The molecule has 8 aromatic heterocycles. The van der Waals surface area contributed by atoms with Crippen molar-refractivity contribution in [3.05, 3.63) is 340 Å². The standard InChI is InChI=1S/C102H56N8/c1-2-18-57(19-3-1)59-34-37-63(38-35-59)95-89-69-25-9-6-21-60(69)43-49-81(89)103-101(105-95)110-88-56-79-74-29-13-16-32-84(74)108-86-51-45-66(54-80(86)94(100(79)108)92(88)77-48-41-62-23-8-11-27-72(62)98(77)110)65-42-46-70-67(52-65)44-50-82-90(70)96(68-39-36-58-20-4-5-24-64(58)53-68)106-102(104-82)109-87-55-78-73-28-12-15-31-83(73)107-85-33-17-14-30-75(85)93(99(78)107)91(87)76-47-40-61-22-7-10-26-71(61)97(76)109/h1-56H. The normalized spacial score (nSPS) is 12.5. The van der Waals surface area contributed by atoms with Crippen molar-refractivity contribution in [1.82, 2.24) is 37.9 Å². The topological polar surface area (TPSA) is 70.2 Å². The molecule has 0 bridgehead atoms. The fraction of sp³-hybridized carbons (Fsp3) is 0.